The quantitative estimate of drug-likeness (QED) is 0.269. The summed E-state index contributed by atoms with van der Waals surface area (Å²) >= 11 is 0. The van der Waals surface area contributed by atoms with E-state index in [0.29, 0.717) is 0 Å². The Morgan fingerprint density at radius 2 is 0.889 bits per heavy atom. The van der Waals surface area contributed by atoms with Gasteiger partial charge < -0.3 is 4.90 Å². The Bertz CT molecular complexity index is 675. The lowest BCUT2D eigenvalue weighted by atomic mass is 9.90. The molecule has 0 radical (unpaired) electrons. The van der Waals surface area contributed by atoms with Gasteiger partial charge in [0.1, 0.15) is 0 Å². The Kier molecular flexibility index (Phi) is 19.6. The molecular weight excluding hydrogens is 438 g/mol. The molecule has 3 rings (SSSR count). The number of hydrogen-bond acceptors (Lipinski definition) is 1. The number of carbonyl (C=O) groups is 1. The van der Waals surface area contributed by atoms with Crippen LogP contribution in [0.3, 0.4) is 0 Å². The van der Waals surface area contributed by atoms with Crippen LogP contribution in [-0.4, -0.2) is 24.9 Å². The molecule has 36 heavy (non-hydrogen) atoms. The van der Waals surface area contributed by atoms with Gasteiger partial charge in [-0.15, -0.1) is 0 Å². The van der Waals surface area contributed by atoms with Crippen molar-refractivity contribution in [3.63, 3.8) is 0 Å². The van der Waals surface area contributed by atoms with E-state index in [0.717, 1.165) is 11.1 Å². The van der Waals surface area contributed by atoms with E-state index in [4.69, 9.17) is 0 Å². The number of carbonyl (C=O) groups excluding carboxylic acids is 1. The van der Waals surface area contributed by atoms with Crippen molar-refractivity contribution < 1.29 is 4.79 Å². The largest absolute Gasteiger partial charge is 0.348 e. The summed E-state index contributed by atoms with van der Waals surface area (Å²) in [5.74, 6) is -0.116. The van der Waals surface area contributed by atoms with Crippen LogP contribution in [0.1, 0.15) is 134 Å². The third-order valence-electron chi connectivity index (χ3n) is 6.91. The Balaban J connectivity index is 0.000000308. The van der Waals surface area contributed by atoms with E-state index in [-0.39, 0.29) is 11.8 Å². The summed E-state index contributed by atoms with van der Waals surface area (Å²) in [6, 6.07) is 19.8. The van der Waals surface area contributed by atoms with Crippen LogP contribution in [0, 0.1) is 0 Å². The molecule has 0 aliphatic heterocycles. The average molecular weight is 494 g/mol. The molecule has 2 aromatic carbocycles. The Morgan fingerprint density at radius 1 is 0.583 bits per heavy atom. The van der Waals surface area contributed by atoms with Crippen LogP contribution in [0.25, 0.3) is 0 Å². The van der Waals surface area contributed by atoms with Gasteiger partial charge in [0.15, 0.2) is 0 Å². The predicted molar refractivity (Wildman–Crippen MR) is 159 cm³/mol. The minimum atomic E-state index is -0.220. The van der Waals surface area contributed by atoms with Crippen LogP contribution in [0.15, 0.2) is 60.7 Å². The molecule has 1 fully saturated rings. The van der Waals surface area contributed by atoms with Crippen LogP contribution in [0.5, 0.6) is 0 Å². The lowest BCUT2D eigenvalue weighted by Crippen LogP contribution is -2.28. The first-order valence-electron chi connectivity index (χ1n) is 14.9. The first kappa shape index (κ1) is 31.9. The van der Waals surface area contributed by atoms with Gasteiger partial charge in [0.2, 0.25) is 5.91 Å². The molecule has 0 atom stereocenters. The molecule has 2 aromatic rings. The van der Waals surface area contributed by atoms with Gasteiger partial charge in [-0.05, 0) is 11.1 Å². The van der Waals surface area contributed by atoms with E-state index < -0.39 is 0 Å². The summed E-state index contributed by atoms with van der Waals surface area (Å²) in [6.45, 7) is 4.56. The third kappa shape index (κ3) is 15.1. The highest BCUT2D eigenvalue weighted by atomic mass is 16.2. The normalized spacial score (nSPS) is 12.7. The number of amides is 1. The number of benzene rings is 2. The first-order chi connectivity index (χ1) is 17.6. The summed E-state index contributed by atoms with van der Waals surface area (Å²) in [4.78, 5) is 14.0. The maximum atomic E-state index is 12.4. The molecule has 202 valence electrons. The number of unbranched alkanes of at least 4 members (excludes halogenated alkanes) is 9. The van der Waals surface area contributed by atoms with Crippen molar-refractivity contribution in [2.24, 2.45) is 0 Å². The van der Waals surface area contributed by atoms with E-state index in [1.54, 1.807) is 19.0 Å². The van der Waals surface area contributed by atoms with E-state index in [1.165, 1.54) is 103 Å². The van der Waals surface area contributed by atoms with Gasteiger partial charge in [0.25, 0.3) is 0 Å². The summed E-state index contributed by atoms with van der Waals surface area (Å²) in [5.41, 5.74) is 2.06. The number of hydrogen-bond donors (Lipinski definition) is 0. The third-order valence-corrected chi connectivity index (χ3v) is 6.91. The van der Waals surface area contributed by atoms with Crippen molar-refractivity contribution in [2.45, 2.75) is 122 Å². The zero-order valence-corrected chi connectivity index (χ0v) is 24.0. The zero-order chi connectivity index (χ0) is 26.3. The van der Waals surface area contributed by atoms with Gasteiger partial charge >= 0.3 is 0 Å². The van der Waals surface area contributed by atoms with Crippen molar-refractivity contribution in [3.05, 3.63) is 71.8 Å². The lowest BCUT2D eigenvalue weighted by Gasteiger charge is -2.21. The van der Waals surface area contributed by atoms with Gasteiger partial charge in [-0.25, -0.2) is 0 Å². The smallest absolute Gasteiger partial charge is 0.234 e. The maximum absolute atomic E-state index is 12.4. The van der Waals surface area contributed by atoms with Gasteiger partial charge in [-0.3, -0.25) is 4.79 Å². The molecule has 0 aromatic heterocycles. The van der Waals surface area contributed by atoms with Crippen molar-refractivity contribution in [1.82, 2.24) is 4.90 Å². The van der Waals surface area contributed by atoms with Crippen molar-refractivity contribution in [1.29, 1.82) is 0 Å². The molecule has 1 saturated carbocycles. The van der Waals surface area contributed by atoms with Crippen molar-refractivity contribution >= 4 is 5.91 Å². The van der Waals surface area contributed by atoms with Crippen molar-refractivity contribution in [3.8, 4) is 0 Å². The maximum Gasteiger partial charge on any atom is 0.234 e. The highest BCUT2D eigenvalue weighted by Crippen LogP contribution is 2.26. The Hall–Kier alpha value is -2.09. The highest BCUT2D eigenvalue weighted by Gasteiger charge is 2.23. The molecule has 2 nitrogen and oxygen atoms in total. The monoisotopic (exact) mass is 493 g/mol. The molecule has 0 heterocycles. The zero-order valence-electron chi connectivity index (χ0n) is 24.0. The molecule has 1 aliphatic rings. The number of rotatable bonds is 12. The molecular formula is C34H55NO. The van der Waals surface area contributed by atoms with Gasteiger partial charge in [-0.1, -0.05) is 177 Å². The number of likely N-dealkylation sites (N-methyl/N-ethyl adjacent to an activating group) is 1. The second-order valence-electron chi connectivity index (χ2n) is 10.4. The molecule has 0 saturated heterocycles. The lowest BCUT2D eigenvalue weighted by molar-refractivity contribution is -0.129. The Morgan fingerprint density at radius 3 is 1.17 bits per heavy atom. The molecule has 0 bridgehead atoms. The number of nitrogens with zero attached hydrogens (tertiary/aromatic N) is 1. The topological polar surface area (TPSA) is 20.3 Å². The molecule has 1 amide bonds. The second-order valence-corrected chi connectivity index (χ2v) is 10.4. The fourth-order valence-electron chi connectivity index (χ4n) is 4.65. The van der Waals surface area contributed by atoms with Crippen LogP contribution < -0.4 is 0 Å². The second kappa shape index (κ2) is 22.1. The molecule has 0 N–H and O–H groups in total. The van der Waals surface area contributed by atoms with Crippen LogP contribution >= 0.6 is 0 Å². The van der Waals surface area contributed by atoms with Gasteiger partial charge in [-0.2, -0.15) is 0 Å². The molecule has 1 aliphatic carbocycles. The SMILES string of the molecule is C1CCCCC1.CCCCCCCCCCCC.CN(C)C(=O)C(c1ccccc1)c1ccccc1. The summed E-state index contributed by atoms with van der Waals surface area (Å²) in [6.07, 6.45) is 23.4. The van der Waals surface area contributed by atoms with E-state index in [1.807, 2.05) is 60.7 Å². The van der Waals surface area contributed by atoms with Crippen molar-refractivity contribution in [2.75, 3.05) is 14.1 Å². The van der Waals surface area contributed by atoms with E-state index in [9.17, 15) is 4.79 Å². The predicted octanol–water partition coefficient (Wildman–Crippen LogP) is 10.2. The fraction of sp³-hybridized carbons (Fsp3) is 0.618. The minimum Gasteiger partial charge on any atom is -0.348 e. The minimum absolute atomic E-state index is 0.104. The molecule has 2 heteroatoms. The van der Waals surface area contributed by atoms with E-state index in [2.05, 4.69) is 13.8 Å². The summed E-state index contributed by atoms with van der Waals surface area (Å²) < 4.78 is 0. The van der Waals surface area contributed by atoms with Crippen LogP contribution in [-0.2, 0) is 4.79 Å². The fourth-order valence-corrected chi connectivity index (χ4v) is 4.65. The molecule has 0 spiro atoms. The standard InChI is InChI=1S/C16H17NO.C12H26.C6H12/c1-17(2)16(18)15(13-9-5-3-6-10-13)14-11-7-4-8-12-14;1-3-5-7-9-11-12-10-8-6-4-2;1-2-4-6-5-3-1/h3-12,15H,1-2H3;3-12H2,1-2H3;1-6H2. The molecule has 0 unspecified atom stereocenters. The Labute approximate surface area is 223 Å². The van der Waals surface area contributed by atoms with Crippen LogP contribution in [0.2, 0.25) is 0 Å². The average Bonchev–Trinajstić information content (AvgIpc) is 2.93. The summed E-state index contributed by atoms with van der Waals surface area (Å²) in [5, 5.41) is 0. The van der Waals surface area contributed by atoms with Crippen LogP contribution in [0.4, 0.5) is 0 Å². The van der Waals surface area contributed by atoms with Gasteiger partial charge in [0.05, 0.1) is 5.92 Å². The summed E-state index contributed by atoms with van der Waals surface area (Å²) in [7, 11) is 3.59. The highest BCUT2D eigenvalue weighted by molar-refractivity contribution is 5.86. The van der Waals surface area contributed by atoms with E-state index >= 15 is 0 Å². The van der Waals surface area contributed by atoms with Gasteiger partial charge in [0, 0.05) is 14.1 Å². The first-order valence-corrected chi connectivity index (χ1v) is 14.9.